The lowest BCUT2D eigenvalue weighted by Crippen LogP contribution is -2.12. The third-order valence-corrected chi connectivity index (χ3v) is 6.25. The van der Waals surface area contributed by atoms with E-state index in [0.717, 1.165) is 16.8 Å². The summed E-state index contributed by atoms with van der Waals surface area (Å²) in [4.78, 5) is 9.50. The van der Waals surface area contributed by atoms with Crippen LogP contribution in [0.2, 0.25) is 0 Å². The maximum atomic E-state index is 10.1. The normalized spacial score (nSPS) is 11.7. The molecule has 10 heteroatoms. The van der Waals surface area contributed by atoms with E-state index < -0.39 is 0 Å². The second-order valence-electron chi connectivity index (χ2n) is 6.90. The zero-order chi connectivity index (χ0) is 24.1. The van der Waals surface area contributed by atoms with Crippen LogP contribution in [0, 0.1) is 0 Å². The molecule has 0 atom stereocenters. The Hall–Kier alpha value is -3.63. The topological polar surface area (TPSA) is 90.5 Å². The second kappa shape index (κ2) is 10.5. The van der Waals surface area contributed by atoms with Gasteiger partial charge >= 0.3 is 0 Å². The molecule has 0 aliphatic carbocycles. The summed E-state index contributed by atoms with van der Waals surface area (Å²) in [7, 11) is 4.73. The van der Waals surface area contributed by atoms with Gasteiger partial charge in [-0.15, -0.1) is 11.3 Å². The van der Waals surface area contributed by atoms with Crippen molar-refractivity contribution in [2.24, 2.45) is 10.1 Å². The minimum Gasteiger partial charge on any atom is -0.503 e. The summed E-state index contributed by atoms with van der Waals surface area (Å²) >= 11 is 4.78. The van der Waals surface area contributed by atoms with Crippen LogP contribution in [0.4, 0.5) is 5.69 Å². The number of phenols is 1. The molecule has 2 heterocycles. The van der Waals surface area contributed by atoms with Crippen LogP contribution in [0.15, 0.2) is 74.8 Å². The number of aromatic nitrogens is 2. The number of halogens is 1. The van der Waals surface area contributed by atoms with Gasteiger partial charge < -0.3 is 19.3 Å². The Bertz CT molecular complexity index is 1400. The van der Waals surface area contributed by atoms with Crippen LogP contribution in [-0.2, 0) is 0 Å². The van der Waals surface area contributed by atoms with Crippen molar-refractivity contribution in [3.05, 3.63) is 75.1 Å². The smallest absolute Gasteiger partial charge is 0.211 e. The van der Waals surface area contributed by atoms with E-state index in [2.05, 4.69) is 20.9 Å². The molecule has 0 saturated heterocycles. The van der Waals surface area contributed by atoms with Gasteiger partial charge in [0, 0.05) is 17.1 Å². The van der Waals surface area contributed by atoms with E-state index in [4.69, 9.17) is 24.3 Å². The minimum atomic E-state index is 0.0249. The van der Waals surface area contributed by atoms with E-state index in [0.29, 0.717) is 32.2 Å². The highest BCUT2D eigenvalue weighted by atomic mass is 79.9. The molecule has 4 rings (SSSR count). The first kappa shape index (κ1) is 23.5. The number of ether oxygens (including phenoxy) is 3. The van der Waals surface area contributed by atoms with Gasteiger partial charge in [0.2, 0.25) is 4.80 Å². The fourth-order valence-corrected chi connectivity index (χ4v) is 4.47. The summed E-state index contributed by atoms with van der Waals surface area (Å²) < 4.78 is 18.5. The van der Waals surface area contributed by atoms with Gasteiger partial charge in [-0.25, -0.2) is 9.67 Å². The maximum Gasteiger partial charge on any atom is 0.211 e. The van der Waals surface area contributed by atoms with Crippen molar-refractivity contribution in [2.75, 3.05) is 21.3 Å². The third kappa shape index (κ3) is 4.97. The predicted octanol–water partition coefficient (Wildman–Crippen LogP) is 5.22. The zero-order valence-electron chi connectivity index (χ0n) is 18.6. The van der Waals surface area contributed by atoms with Crippen molar-refractivity contribution >= 4 is 39.2 Å². The SMILES string of the molecule is COc1ccc(OC)c(-c2csc(=Nc3cccnc3)n2N=Cc2cc(Br)c(O)c(OC)c2)c1. The van der Waals surface area contributed by atoms with Crippen LogP contribution in [-0.4, -0.2) is 42.3 Å². The molecule has 0 radical (unpaired) electrons. The van der Waals surface area contributed by atoms with Gasteiger partial charge in [-0.1, -0.05) is 0 Å². The first-order valence-electron chi connectivity index (χ1n) is 10.0. The van der Waals surface area contributed by atoms with Crippen LogP contribution in [0.5, 0.6) is 23.0 Å². The monoisotopic (exact) mass is 540 g/mol. The summed E-state index contributed by atoms with van der Waals surface area (Å²) in [6.07, 6.45) is 5.04. The summed E-state index contributed by atoms with van der Waals surface area (Å²) in [5.41, 5.74) is 2.99. The molecule has 0 bridgehead atoms. The quantitative estimate of drug-likeness (QED) is 0.324. The van der Waals surface area contributed by atoms with Crippen molar-refractivity contribution in [2.45, 2.75) is 0 Å². The number of hydrogen-bond donors (Lipinski definition) is 1. The number of methoxy groups -OCH3 is 3. The molecular formula is C24H21BrN4O4S. The molecule has 4 aromatic rings. The Morgan fingerprint density at radius 2 is 1.88 bits per heavy atom. The Morgan fingerprint density at radius 3 is 2.59 bits per heavy atom. The van der Waals surface area contributed by atoms with Crippen LogP contribution in [0.1, 0.15) is 5.56 Å². The van der Waals surface area contributed by atoms with Crippen LogP contribution in [0.25, 0.3) is 11.3 Å². The molecule has 2 aromatic carbocycles. The largest absolute Gasteiger partial charge is 0.503 e. The van der Waals surface area contributed by atoms with Crippen LogP contribution in [0.3, 0.4) is 0 Å². The molecular weight excluding hydrogens is 520 g/mol. The predicted molar refractivity (Wildman–Crippen MR) is 136 cm³/mol. The molecule has 0 aliphatic heterocycles. The molecule has 34 heavy (non-hydrogen) atoms. The van der Waals surface area contributed by atoms with E-state index in [1.165, 1.54) is 18.4 Å². The van der Waals surface area contributed by atoms with Crippen molar-refractivity contribution in [3.8, 4) is 34.3 Å². The third-order valence-electron chi connectivity index (χ3n) is 4.83. The minimum absolute atomic E-state index is 0.0249. The van der Waals surface area contributed by atoms with Crippen LogP contribution < -0.4 is 19.0 Å². The highest BCUT2D eigenvalue weighted by Gasteiger charge is 2.15. The molecule has 1 N–H and O–H groups in total. The molecule has 0 aliphatic rings. The average Bonchev–Trinajstić information content (AvgIpc) is 3.26. The van der Waals surface area contributed by atoms with Crippen molar-refractivity contribution < 1.29 is 19.3 Å². The standard InChI is InChI=1S/C24H21BrN4O4S/c1-31-17-6-7-21(32-2)18(11-17)20-14-34-24(28-16-5-4-8-26-13-16)29(20)27-12-15-9-19(25)23(30)22(10-15)33-3/h4-14,30H,1-3H3. The molecule has 0 spiro atoms. The van der Waals surface area contributed by atoms with E-state index in [1.807, 2.05) is 35.7 Å². The summed E-state index contributed by atoms with van der Waals surface area (Å²) in [5.74, 6) is 1.72. The van der Waals surface area contributed by atoms with E-state index in [-0.39, 0.29) is 5.75 Å². The molecule has 8 nitrogen and oxygen atoms in total. The molecule has 0 fully saturated rings. The number of pyridine rings is 1. The fraction of sp³-hybridized carbons (Fsp3) is 0.125. The second-order valence-corrected chi connectivity index (χ2v) is 8.59. The highest BCUT2D eigenvalue weighted by molar-refractivity contribution is 9.10. The average molecular weight is 541 g/mol. The van der Waals surface area contributed by atoms with Crippen molar-refractivity contribution in [1.29, 1.82) is 0 Å². The number of rotatable bonds is 7. The van der Waals surface area contributed by atoms with E-state index >= 15 is 0 Å². The summed E-state index contributed by atoms with van der Waals surface area (Å²) in [6.45, 7) is 0. The maximum absolute atomic E-state index is 10.1. The van der Waals surface area contributed by atoms with Gasteiger partial charge in [-0.05, 0) is 64.0 Å². The van der Waals surface area contributed by atoms with Gasteiger partial charge in [-0.2, -0.15) is 5.10 Å². The molecule has 2 aromatic heterocycles. The zero-order valence-corrected chi connectivity index (χ0v) is 21.0. The fourth-order valence-electron chi connectivity index (χ4n) is 3.17. The van der Waals surface area contributed by atoms with Crippen LogP contribution >= 0.6 is 27.3 Å². The first-order chi connectivity index (χ1) is 16.5. The summed E-state index contributed by atoms with van der Waals surface area (Å²) in [5, 5.41) is 16.8. The van der Waals surface area contributed by atoms with Gasteiger partial charge in [0.15, 0.2) is 11.5 Å². The summed E-state index contributed by atoms with van der Waals surface area (Å²) in [6, 6.07) is 12.7. The van der Waals surface area contributed by atoms with Gasteiger partial charge in [0.25, 0.3) is 0 Å². The molecule has 0 unspecified atom stereocenters. The van der Waals surface area contributed by atoms with Gasteiger partial charge in [-0.3, -0.25) is 4.98 Å². The highest BCUT2D eigenvalue weighted by Crippen LogP contribution is 2.35. The first-order valence-corrected chi connectivity index (χ1v) is 11.7. The van der Waals surface area contributed by atoms with Gasteiger partial charge in [0.05, 0.1) is 49.6 Å². The van der Waals surface area contributed by atoms with Crippen molar-refractivity contribution in [1.82, 2.24) is 9.66 Å². The number of phenolic OH excluding ortho intramolecular Hbond substituents is 1. The van der Waals surface area contributed by atoms with Crippen molar-refractivity contribution in [3.63, 3.8) is 0 Å². The lowest BCUT2D eigenvalue weighted by molar-refractivity contribution is 0.372. The Balaban J connectivity index is 1.90. The van der Waals surface area contributed by atoms with Gasteiger partial charge in [0.1, 0.15) is 11.5 Å². The number of benzene rings is 2. The molecule has 0 saturated carbocycles. The Kier molecular flexibility index (Phi) is 7.29. The molecule has 0 amide bonds. The Morgan fingerprint density at radius 1 is 1.06 bits per heavy atom. The number of nitrogens with zero attached hydrogens (tertiary/aromatic N) is 4. The lowest BCUT2D eigenvalue weighted by atomic mass is 10.1. The van der Waals surface area contributed by atoms with E-state index in [9.17, 15) is 5.11 Å². The number of thiazole rings is 1. The Labute approximate surface area is 208 Å². The molecule has 174 valence electrons. The van der Waals surface area contributed by atoms with E-state index in [1.54, 1.807) is 49.6 Å². The number of aromatic hydroxyl groups is 1. The lowest BCUT2D eigenvalue weighted by Gasteiger charge is -2.11. The number of hydrogen-bond acceptors (Lipinski definition) is 8.